The fraction of sp³-hybridized carbons (Fsp3) is 0.682. The Morgan fingerprint density at radius 1 is 1.14 bits per heavy atom. The summed E-state index contributed by atoms with van der Waals surface area (Å²) in [4.78, 5) is 15.2. The van der Waals surface area contributed by atoms with E-state index in [1.807, 2.05) is 24.3 Å². The van der Waals surface area contributed by atoms with E-state index in [0.717, 1.165) is 57.9 Å². The molecule has 2 atom stereocenters. The van der Waals surface area contributed by atoms with E-state index in [0.29, 0.717) is 11.5 Å². The van der Waals surface area contributed by atoms with Gasteiger partial charge in [0.2, 0.25) is 0 Å². The first kappa shape index (κ1) is 19.7. The van der Waals surface area contributed by atoms with Gasteiger partial charge in [-0.2, -0.15) is 0 Å². The summed E-state index contributed by atoms with van der Waals surface area (Å²) in [5.41, 5.74) is 0.695. The Hall–Kier alpha value is -1.63. The number of carbonyl (C=O) groups is 1. The fourth-order valence-electron chi connectivity index (χ4n) is 4.80. The molecule has 1 amide bonds. The molecule has 28 heavy (non-hydrogen) atoms. The van der Waals surface area contributed by atoms with Crippen LogP contribution in [0.2, 0.25) is 0 Å². The van der Waals surface area contributed by atoms with Gasteiger partial charge in [-0.05, 0) is 43.0 Å². The molecule has 3 fully saturated rings. The smallest absolute Gasteiger partial charge is 0.251 e. The van der Waals surface area contributed by atoms with Crippen molar-refractivity contribution >= 4 is 5.91 Å². The number of ether oxygens (including phenoxy) is 3. The highest BCUT2D eigenvalue weighted by Crippen LogP contribution is 2.33. The number of nitrogens with zero attached hydrogens (tertiary/aromatic N) is 1. The highest BCUT2D eigenvalue weighted by molar-refractivity contribution is 5.94. The lowest BCUT2D eigenvalue weighted by Crippen LogP contribution is -2.50. The van der Waals surface area contributed by atoms with Crippen LogP contribution in [0.15, 0.2) is 24.3 Å². The summed E-state index contributed by atoms with van der Waals surface area (Å²) in [6.45, 7) is 4.51. The van der Waals surface area contributed by atoms with Crippen LogP contribution >= 0.6 is 0 Å². The molecule has 1 spiro atoms. The summed E-state index contributed by atoms with van der Waals surface area (Å²) in [6, 6.07) is 7.59. The molecule has 1 aliphatic carbocycles. The van der Waals surface area contributed by atoms with E-state index in [4.69, 9.17) is 14.2 Å². The van der Waals surface area contributed by atoms with E-state index in [-0.39, 0.29) is 17.7 Å². The predicted molar refractivity (Wildman–Crippen MR) is 107 cm³/mol. The SMILES string of the molecule is COc1ccc(C(=O)NC2CCCCC2CN2CCC3(CC2)OCCO3)cc1. The third-order valence-corrected chi connectivity index (χ3v) is 6.50. The van der Waals surface area contributed by atoms with Crippen molar-refractivity contribution < 1.29 is 19.0 Å². The second-order valence-electron chi connectivity index (χ2n) is 8.26. The number of hydrogen-bond donors (Lipinski definition) is 1. The van der Waals surface area contributed by atoms with Gasteiger partial charge in [-0.15, -0.1) is 0 Å². The second-order valence-corrected chi connectivity index (χ2v) is 8.26. The van der Waals surface area contributed by atoms with Crippen LogP contribution in [0.25, 0.3) is 0 Å². The van der Waals surface area contributed by atoms with Crippen molar-refractivity contribution in [3.63, 3.8) is 0 Å². The Balaban J connectivity index is 1.32. The Morgan fingerprint density at radius 3 is 2.50 bits per heavy atom. The van der Waals surface area contributed by atoms with Gasteiger partial charge in [-0.25, -0.2) is 0 Å². The molecule has 0 radical (unpaired) electrons. The minimum absolute atomic E-state index is 0.0184. The van der Waals surface area contributed by atoms with E-state index in [9.17, 15) is 4.79 Å². The monoisotopic (exact) mass is 388 g/mol. The van der Waals surface area contributed by atoms with Crippen LogP contribution in [0.5, 0.6) is 5.75 Å². The van der Waals surface area contributed by atoms with E-state index in [2.05, 4.69) is 10.2 Å². The molecule has 2 saturated heterocycles. The predicted octanol–water partition coefficient (Wildman–Crippen LogP) is 2.82. The molecule has 1 aromatic carbocycles. The lowest BCUT2D eigenvalue weighted by molar-refractivity contribution is -0.186. The molecule has 0 bridgehead atoms. The summed E-state index contributed by atoms with van der Waals surface area (Å²) in [6.07, 6.45) is 6.59. The van der Waals surface area contributed by atoms with E-state index in [1.165, 1.54) is 19.3 Å². The molecule has 4 rings (SSSR count). The third-order valence-electron chi connectivity index (χ3n) is 6.50. The van der Waals surface area contributed by atoms with Gasteiger partial charge in [0.25, 0.3) is 5.91 Å². The Morgan fingerprint density at radius 2 is 1.82 bits per heavy atom. The Bertz CT molecular complexity index is 647. The van der Waals surface area contributed by atoms with Crippen molar-refractivity contribution in [2.45, 2.75) is 50.4 Å². The van der Waals surface area contributed by atoms with Gasteiger partial charge in [0, 0.05) is 44.1 Å². The molecule has 6 nitrogen and oxygen atoms in total. The van der Waals surface area contributed by atoms with Crippen molar-refractivity contribution in [2.24, 2.45) is 5.92 Å². The van der Waals surface area contributed by atoms with Crippen LogP contribution in [-0.4, -0.2) is 62.6 Å². The van der Waals surface area contributed by atoms with Gasteiger partial charge in [0.1, 0.15) is 5.75 Å². The van der Waals surface area contributed by atoms with Crippen molar-refractivity contribution in [3.8, 4) is 5.75 Å². The molecule has 2 unspecified atom stereocenters. The largest absolute Gasteiger partial charge is 0.497 e. The third kappa shape index (κ3) is 4.50. The van der Waals surface area contributed by atoms with Crippen LogP contribution in [0, 0.1) is 5.92 Å². The van der Waals surface area contributed by atoms with Crippen LogP contribution < -0.4 is 10.1 Å². The summed E-state index contributed by atoms with van der Waals surface area (Å²) < 4.78 is 16.9. The van der Waals surface area contributed by atoms with E-state index >= 15 is 0 Å². The zero-order valence-electron chi connectivity index (χ0n) is 16.8. The number of likely N-dealkylation sites (tertiary alicyclic amines) is 1. The number of methoxy groups -OCH3 is 1. The maximum absolute atomic E-state index is 12.7. The average Bonchev–Trinajstić information content (AvgIpc) is 3.19. The molecule has 0 aromatic heterocycles. The van der Waals surface area contributed by atoms with Crippen molar-refractivity contribution in [3.05, 3.63) is 29.8 Å². The number of carbonyl (C=O) groups excluding carboxylic acids is 1. The summed E-state index contributed by atoms with van der Waals surface area (Å²) in [5.74, 6) is 0.982. The number of rotatable bonds is 5. The Kier molecular flexibility index (Phi) is 6.19. The molecule has 2 aliphatic heterocycles. The minimum atomic E-state index is -0.314. The van der Waals surface area contributed by atoms with Gasteiger partial charge >= 0.3 is 0 Å². The molecule has 1 saturated carbocycles. The maximum atomic E-state index is 12.7. The van der Waals surface area contributed by atoms with Gasteiger partial charge in [-0.3, -0.25) is 4.79 Å². The van der Waals surface area contributed by atoms with Crippen molar-refractivity contribution in [1.29, 1.82) is 0 Å². The number of hydrogen-bond acceptors (Lipinski definition) is 5. The van der Waals surface area contributed by atoms with E-state index < -0.39 is 0 Å². The average molecular weight is 389 g/mol. The highest BCUT2D eigenvalue weighted by Gasteiger charge is 2.40. The van der Waals surface area contributed by atoms with Crippen LogP contribution in [-0.2, 0) is 9.47 Å². The minimum Gasteiger partial charge on any atom is -0.497 e. The topological polar surface area (TPSA) is 60.0 Å². The molecular formula is C22H32N2O4. The molecule has 3 aliphatic rings. The standard InChI is InChI=1S/C22H32N2O4/c1-26-19-8-6-17(7-9-19)21(25)23-20-5-3-2-4-18(20)16-24-12-10-22(11-13-24)27-14-15-28-22/h6-9,18,20H,2-5,10-16H2,1H3,(H,23,25). The van der Waals surface area contributed by atoms with Gasteiger partial charge in [0.15, 0.2) is 5.79 Å². The summed E-state index contributed by atoms with van der Waals surface area (Å²) in [5, 5.41) is 3.31. The lowest BCUT2D eigenvalue weighted by Gasteiger charge is -2.41. The first-order valence-electron chi connectivity index (χ1n) is 10.6. The quantitative estimate of drug-likeness (QED) is 0.841. The molecule has 1 aromatic rings. The molecule has 2 heterocycles. The zero-order valence-corrected chi connectivity index (χ0v) is 16.8. The highest BCUT2D eigenvalue weighted by atomic mass is 16.7. The number of piperidine rings is 1. The fourth-order valence-corrected chi connectivity index (χ4v) is 4.80. The van der Waals surface area contributed by atoms with Crippen molar-refractivity contribution in [1.82, 2.24) is 10.2 Å². The van der Waals surface area contributed by atoms with Gasteiger partial charge in [0.05, 0.1) is 20.3 Å². The number of amides is 1. The molecule has 1 N–H and O–H groups in total. The number of nitrogens with one attached hydrogen (secondary N) is 1. The first-order chi connectivity index (χ1) is 13.7. The summed E-state index contributed by atoms with van der Waals surface area (Å²) in [7, 11) is 1.63. The van der Waals surface area contributed by atoms with Crippen LogP contribution in [0.1, 0.15) is 48.9 Å². The van der Waals surface area contributed by atoms with Crippen LogP contribution in [0.3, 0.4) is 0 Å². The zero-order chi connectivity index (χ0) is 19.4. The molecular weight excluding hydrogens is 356 g/mol. The van der Waals surface area contributed by atoms with Crippen LogP contribution in [0.4, 0.5) is 0 Å². The van der Waals surface area contributed by atoms with E-state index in [1.54, 1.807) is 7.11 Å². The molecule has 154 valence electrons. The Labute approximate surface area is 167 Å². The van der Waals surface area contributed by atoms with Gasteiger partial charge < -0.3 is 24.4 Å². The van der Waals surface area contributed by atoms with Crippen molar-refractivity contribution in [2.75, 3.05) is 40.0 Å². The summed E-state index contributed by atoms with van der Waals surface area (Å²) >= 11 is 0. The first-order valence-corrected chi connectivity index (χ1v) is 10.6. The normalized spacial score (nSPS) is 27.6. The molecule has 6 heteroatoms. The second kappa shape index (κ2) is 8.80. The number of benzene rings is 1. The van der Waals surface area contributed by atoms with Gasteiger partial charge in [-0.1, -0.05) is 12.8 Å². The maximum Gasteiger partial charge on any atom is 0.251 e. The lowest BCUT2D eigenvalue weighted by atomic mass is 9.83.